The van der Waals surface area contributed by atoms with Crippen LogP contribution in [0.25, 0.3) is 0 Å². The Hall–Kier alpha value is -0.120. The van der Waals surface area contributed by atoms with E-state index in [9.17, 15) is 10.2 Å². The third-order valence-electron chi connectivity index (χ3n) is 2.93. The highest BCUT2D eigenvalue weighted by molar-refractivity contribution is 4.98. The van der Waals surface area contributed by atoms with E-state index in [-0.39, 0.29) is 18.4 Å². The summed E-state index contributed by atoms with van der Waals surface area (Å²) >= 11 is 0. The maximum Gasteiger partial charge on any atom is 0.0906 e. The zero-order chi connectivity index (χ0) is 8.65. The van der Waals surface area contributed by atoms with Crippen LogP contribution in [-0.2, 0) is 0 Å². The Morgan fingerprint density at radius 1 is 1.55 bits per heavy atom. The highest BCUT2D eigenvalue weighted by Crippen LogP contribution is 2.39. The van der Waals surface area contributed by atoms with Crippen molar-refractivity contribution in [3.8, 4) is 0 Å². The minimum Gasteiger partial charge on any atom is -0.396 e. The lowest BCUT2D eigenvalue weighted by Gasteiger charge is -2.26. The van der Waals surface area contributed by atoms with E-state index in [4.69, 9.17) is 5.11 Å². The molecule has 0 saturated heterocycles. The van der Waals surface area contributed by atoms with Gasteiger partial charge in [0.1, 0.15) is 0 Å². The molecule has 11 heavy (non-hydrogen) atoms. The van der Waals surface area contributed by atoms with Gasteiger partial charge in [0.25, 0.3) is 0 Å². The van der Waals surface area contributed by atoms with Gasteiger partial charge >= 0.3 is 0 Å². The minimum absolute atomic E-state index is 0.0400. The van der Waals surface area contributed by atoms with Crippen LogP contribution in [0, 0.1) is 11.8 Å². The summed E-state index contributed by atoms with van der Waals surface area (Å²) < 4.78 is 0. The van der Waals surface area contributed by atoms with Crippen LogP contribution >= 0.6 is 0 Å². The van der Waals surface area contributed by atoms with Crippen molar-refractivity contribution in [2.75, 3.05) is 6.61 Å². The van der Waals surface area contributed by atoms with Crippen molar-refractivity contribution in [2.45, 2.75) is 32.0 Å². The van der Waals surface area contributed by atoms with Crippen molar-refractivity contribution in [1.29, 1.82) is 0 Å². The summed E-state index contributed by atoms with van der Waals surface area (Å²) in [6.07, 6.45) is -0.0764. The quantitative estimate of drug-likeness (QED) is 0.495. The summed E-state index contributed by atoms with van der Waals surface area (Å²) in [4.78, 5) is 0. The summed E-state index contributed by atoms with van der Waals surface area (Å²) in [7, 11) is 0. The Balaban J connectivity index is 2.71. The molecule has 3 N–H and O–H groups in total. The van der Waals surface area contributed by atoms with E-state index in [1.54, 1.807) is 6.92 Å². The number of rotatable bonds is 1. The molecule has 0 radical (unpaired) electrons. The standard InChI is InChI=1S/C8H16O3/c1-5-3-6(4-9)7(10)8(5,2)11/h5-7,9-11H,3-4H2,1-2H3/t5-,6-,7-,8+/m1/s1. The van der Waals surface area contributed by atoms with E-state index in [1.807, 2.05) is 6.92 Å². The van der Waals surface area contributed by atoms with Gasteiger partial charge in [-0.3, -0.25) is 0 Å². The van der Waals surface area contributed by atoms with Gasteiger partial charge in [0.2, 0.25) is 0 Å². The monoisotopic (exact) mass is 160 g/mol. The summed E-state index contributed by atoms with van der Waals surface area (Å²) in [5.74, 6) is -0.0883. The predicted molar refractivity (Wildman–Crippen MR) is 41.0 cm³/mol. The molecule has 0 aromatic heterocycles. The molecule has 3 heteroatoms. The first-order chi connectivity index (χ1) is 5.00. The molecule has 1 aliphatic rings. The highest BCUT2D eigenvalue weighted by Gasteiger charge is 2.47. The molecule has 1 rings (SSSR count). The van der Waals surface area contributed by atoms with Crippen LogP contribution in [0.15, 0.2) is 0 Å². The molecule has 1 aliphatic carbocycles. The average molecular weight is 160 g/mol. The van der Waals surface area contributed by atoms with E-state index in [0.717, 1.165) is 0 Å². The van der Waals surface area contributed by atoms with Gasteiger partial charge in [-0.25, -0.2) is 0 Å². The van der Waals surface area contributed by atoms with Crippen molar-refractivity contribution in [1.82, 2.24) is 0 Å². The second kappa shape index (κ2) is 2.73. The molecule has 0 aromatic carbocycles. The lowest BCUT2D eigenvalue weighted by Crippen LogP contribution is -2.41. The summed E-state index contributed by atoms with van der Waals surface area (Å²) in [5.41, 5.74) is -1.02. The third kappa shape index (κ3) is 1.28. The Kier molecular flexibility index (Phi) is 2.23. The molecule has 4 atom stereocenters. The molecule has 0 aromatic rings. The van der Waals surface area contributed by atoms with Gasteiger partial charge in [0.15, 0.2) is 0 Å². The van der Waals surface area contributed by atoms with Crippen LogP contribution in [0.3, 0.4) is 0 Å². The summed E-state index contributed by atoms with van der Waals surface area (Å²) in [6, 6.07) is 0. The fourth-order valence-corrected chi connectivity index (χ4v) is 1.76. The van der Waals surface area contributed by atoms with Gasteiger partial charge in [-0.2, -0.15) is 0 Å². The normalized spacial score (nSPS) is 51.5. The summed E-state index contributed by atoms with van der Waals surface area (Å²) in [5, 5.41) is 28.0. The zero-order valence-corrected chi connectivity index (χ0v) is 6.99. The molecule has 66 valence electrons. The van der Waals surface area contributed by atoms with E-state index in [2.05, 4.69) is 0 Å². The largest absolute Gasteiger partial charge is 0.396 e. The minimum atomic E-state index is -1.02. The molecule has 0 bridgehead atoms. The van der Waals surface area contributed by atoms with Gasteiger partial charge < -0.3 is 15.3 Å². The van der Waals surface area contributed by atoms with Gasteiger partial charge in [-0.1, -0.05) is 6.92 Å². The number of hydrogen-bond acceptors (Lipinski definition) is 3. The van der Waals surface area contributed by atoms with E-state index in [1.165, 1.54) is 0 Å². The van der Waals surface area contributed by atoms with Crippen molar-refractivity contribution >= 4 is 0 Å². The Bertz CT molecular complexity index is 144. The molecule has 0 aliphatic heterocycles. The third-order valence-corrected chi connectivity index (χ3v) is 2.93. The Labute approximate surface area is 66.7 Å². The average Bonchev–Trinajstić information content (AvgIpc) is 2.14. The van der Waals surface area contributed by atoms with Gasteiger partial charge in [0.05, 0.1) is 11.7 Å². The number of aliphatic hydroxyl groups excluding tert-OH is 2. The lowest BCUT2D eigenvalue weighted by atomic mass is 9.93. The van der Waals surface area contributed by atoms with Crippen LogP contribution in [0.5, 0.6) is 0 Å². The number of aliphatic hydroxyl groups is 3. The van der Waals surface area contributed by atoms with E-state index >= 15 is 0 Å². The molecule has 0 amide bonds. The van der Waals surface area contributed by atoms with Crippen LogP contribution < -0.4 is 0 Å². The number of hydrogen-bond donors (Lipinski definition) is 3. The lowest BCUT2D eigenvalue weighted by molar-refractivity contribution is -0.0782. The molecule has 0 spiro atoms. The second-order valence-electron chi connectivity index (χ2n) is 3.75. The molecule has 3 nitrogen and oxygen atoms in total. The summed E-state index contributed by atoms with van der Waals surface area (Å²) in [6.45, 7) is 3.47. The van der Waals surface area contributed by atoms with Crippen molar-refractivity contribution < 1.29 is 15.3 Å². The SMILES string of the molecule is C[C@@H]1C[C@H](CO)[C@@H](O)[C@@]1(C)O. The van der Waals surface area contributed by atoms with Gasteiger partial charge in [-0.15, -0.1) is 0 Å². The van der Waals surface area contributed by atoms with Crippen LogP contribution in [0.4, 0.5) is 0 Å². The van der Waals surface area contributed by atoms with Gasteiger partial charge in [0, 0.05) is 12.5 Å². The van der Waals surface area contributed by atoms with Crippen molar-refractivity contribution in [2.24, 2.45) is 11.8 Å². The molecule has 1 fully saturated rings. The zero-order valence-electron chi connectivity index (χ0n) is 6.99. The topological polar surface area (TPSA) is 60.7 Å². The molecular formula is C8H16O3. The highest BCUT2D eigenvalue weighted by atomic mass is 16.3. The maximum atomic E-state index is 9.67. The fraction of sp³-hybridized carbons (Fsp3) is 1.00. The van der Waals surface area contributed by atoms with E-state index < -0.39 is 11.7 Å². The van der Waals surface area contributed by atoms with Crippen molar-refractivity contribution in [3.63, 3.8) is 0 Å². The Morgan fingerprint density at radius 2 is 2.09 bits per heavy atom. The smallest absolute Gasteiger partial charge is 0.0906 e. The van der Waals surface area contributed by atoms with Crippen molar-refractivity contribution in [3.05, 3.63) is 0 Å². The fourth-order valence-electron chi connectivity index (χ4n) is 1.76. The molecule has 0 heterocycles. The molecule has 0 unspecified atom stereocenters. The second-order valence-corrected chi connectivity index (χ2v) is 3.75. The first kappa shape index (κ1) is 8.97. The molecular weight excluding hydrogens is 144 g/mol. The first-order valence-corrected chi connectivity index (χ1v) is 4.01. The van der Waals surface area contributed by atoms with Gasteiger partial charge in [-0.05, 0) is 19.3 Å². The maximum absolute atomic E-state index is 9.67. The van der Waals surface area contributed by atoms with E-state index in [0.29, 0.717) is 6.42 Å². The molecule has 1 saturated carbocycles. The van der Waals surface area contributed by atoms with Crippen LogP contribution in [0.2, 0.25) is 0 Å². The predicted octanol–water partition coefficient (Wildman–Crippen LogP) is -0.253. The van der Waals surface area contributed by atoms with Crippen LogP contribution in [0.1, 0.15) is 20.3 Å². The Morgan fingerprint density at radius 3 is 2.27 bits per heavy atom. The van der Waals surface area contributed by atoms with Crippen LogP contribution in [-0.4, -0.2) is 33.6 Å². The first-order valence-electron chi connectivity index (χ1n) is 4.01.